The maximum Gasteiger partial charge on any atom is 0.0516 e. The lowest BCUT2D eigenvalue weighted by molar-refractivity contribution is 0.669. The highest BCUT2D eigenvalue weighted by molar-refractivity contribution is 8.00. The summed E-state index contributed by atoms with van der Waals surface area (Å²) in [6.07, 6.45) is 4.94. The first-order chi connectivity index (χ1) is 6.74. The van der Waals surface area contributed by atoms with Crippen molar-refractivity contribution in [3.05, 3.63) is 21.3 Å². The molecule has 1 saturated carbocycles. The second kappa shape index (κ2) is 4.44. The zero-order valence-corrected chi connectivity index (χ0v) is 10.6. The fourth-order valence-electron chi connectivity index (χ4n) is 1.45. The van der Waals surface area contributed by atoms with Gasteiger partial charge in [0.1, 0.15) is 0 Å². The Hall–Kier alpha value is 0.300. The molecule has 1 N–H and O–H groups in total. The molecule has 78 valence electrons. The lowest BCUT2D eigenvalue weighted by atomic mass is 10.4. The van der Waals surface area contributed by atoms with E-state index in [1.54, 1.807) is 11.3 Å². The highest BCUT2D eigenvalue weighted by Crippen LogP contribution is 2.46. The van der Waals surface area contributed by atoms with Crippen LogP contribution in [-0.4, -0.2) is 17.5 Å². The molecule has 0 radical (unpaired) electrons. The molecule has 1 nitrogen and oxygen atoms in total. The van der Waals surface area contributed by atoms with Gasteiger partial charge in [0, 0.05) is 28.1 Å². The van der Waals surface area contributed by atoms with Crippen LogP contribution in [0.2, 0.25) is 5.02 Å². The minimum Gasteiger partial charge on any atom is -0.310 e. The van der Waals surface area contributed by atoms with Gasteiger partial charge in [-0.1, -0.05) is 11.6 Å². The minimum atomic E-state index is 0.557. The standard InChI is InChI=1S/C10H14ClNS2/c1-13-10(2-3-10)7-12-5-9-4-8(11)6-14-9/h4,6,12H,2-3,5,7H2,1H3. The van der Waals surface area contributed by atoms with Crippen LogP contribution in [0.4, 0.5) is 0 Å². The summed E-state index contributed by atoms with van der Waals surface area (Å²) in [5.41, 5.74) is 0. The molecule has 1 aliphatic rings. The Morgan fingerprint density at radius 2 is 2.43 bits per heavy atom. The van der Waals surface area contributed by atoms with Crippen molar-refractivity contribution in [1.82, 2.24) is 5.32 Å². The van der Waals surface area contributed by atoms with E-state index in [4.69, 9.17) is 11.6 Å². The molecular weight excluding hydrogens is 234 g/mol. The second-order valence-corrected chi connectivity index (χ2v) is 6.43. The number of thioether (sulfide) groups is 1. The summed E-state index contributed by atoms with van der Waals surface area (Å²) in [6, 6.07) is 2.04. The number of hydrogen-bond donors (Lipinski definition) is 1. The van der Waals surface area contributed by atoms with Crippen LogP contribution in [-0.2, 0) is 6.54 Å². The molecule has 2 rings (SSSR count). The van der Waals surface area contributed by atoms with Crippen molar-refractivity contribution >= 4 is 34.7 Å². The van der Waals surface area contributed by atoms with Gasteiger partial charge in [0.25, 0.3) is 0 Å². The van der Waals surface area contributed by atoms with Crippen molar-refractivity contribution in [2.75, 3.05) is 12.8 Å². The van der Waals surface area contributed by atoms with Gasteiger partial charge in [0.15, 0.2) is 0 Å². The summed E-state index contributed by atoms with van der Waals surface area (Å²) in [5, 5.41) is 6.34. The van der Waals surface area contributed by atoms with E-state index in [-0.39, 0.29) is 0 Å². The highest BCUT2D eigenvalue weighted by atomic mass is 35.5. The van der Waals surface area contributed by atoms with Crippen LogP contribution in [0, 0.1) is 0 Å². The monoisotopic (exact) mass is 247 g/mol. The van der Waals surface area contributed by atoms with E-state index in [1.807, 2.05) is 23.2 Å². The van der Waals surface area contributed by atoms with E-state index < -0.39 is 0 Å². The third kappa shape index (κ3) is 2.66. The summed E-state index contributed by atoms with van der Waals surface area (Å²) < 4.78 is 0.557. The molecule has 0 spiro atoms. The van der Waals surface area contributed by atoms with Crippen molar-refractivity contribution < 1.29 is 0 Å². The fraction of sp³-hybridized carbons (Fsp3) is 0.600. The second-order valence-electron chi connectivity index (χ2n) is 3.72. The van der Waals surface area contributed by atoms with Gasteiger partial charge in [-0.25, -0.2) is 0 Å². The molecule has 1 heterocycles. The zero-order chi connectivity index (χ0) is 10.0. The van der Waals surface area contributed by atoms with Crippen molar-refractivity contribution in [2.24, 2.45) is 0 Å². The molecule has 1 aromatic rings. The molecule has 1 fully saturated rings. The summed E-state index contributed by atoms with van der Waals surface area (Å²) >= 11 is 9.57. The smallest absolute Gasteiger partial charge is 0.0516 e. The van der Waals surface area contributed by atoms with Gasteiger partial charge in [-0.2, -0.15) is 11.8 Å². The lowest BCUT2D eigenvalue weighted by Crippen LogP contribution is -2.25. The first kappa shape index (κ1) is 10.8. The topological polar surface area (TPSA) is 12.0 Å². The van der Waals surface area contributed by atoms with Crippen molar-refractivity contribution in [1.29, 1.82) is 0 Å². The number of thiophene rings is 1. The molecule has 1 aliphatic carbocycles. The van der Waals surface area contributed by atoms with Crippen molar-refractivity contribution in [3.63, 3.8) is 0 Å². The van der Waals surface area contributed by atoms with E-state index in [9.17, 15) is 0 Å². The Labute approximate surface area is 98.2 Å². The van der Waals surface area contributed by atoms with E-state index in [1.165, 1.54) is 17.7 Å². The van der Waals surface area contributed by atoms with Gasteiger partial charge >= 0.3 is 0 Å². The Kier molecular flexibility index (Phi) is 3.42. The van der Waals surface area contributed by atoms with Gasteiger partial charge in [-0.15, -0.1) is 11.3 Å². The molecule has 0 atom stereocenters. The Morgan fingerprint density at radius 3 is 2.93 bits per heavy atom. The number of hydrogen-bond acceptors (Lipinski definition) is 3. The molecule has 0 aromatic carbocycles. The van der Waals surface area contributed by atoms with Crippen LogP contribution in [0.3, 0.4) is 0 Å². The average molecular weight is 248 g/mol. The predicted octanol–water partition coefficient (Wildman–Crippen LogP) is 3.39. The first-order valence-corrected chi connectivity index (χ1v) is 7.21. The molecule has 0 amide bonds. The maximum atomic E-state index is 5.85. The first-order valence-electron chi connectivity index (χ1n) is 4.73. The number of halogens is 1. The van der Waals surface area contributed by atoms with Crippen LogP contribution < -0.4 is 5.32 Å². The Morgan fingerprint density at radius 1 is 1.64 bits per heavy atom. The molecule has 0 saturated heterocycles. The zero-order valence-electron chi connectivity index (χ0n) is 8.18. The number of nitrogens with one attached hydrogen (secondary N) is 1. The van der Waals surface area contributed by atoms with Crippen LogP contribution in [0.25, 0.3) is 0 Å². The molecule has 1 aromatic heterocycles. The van der Waals surface area contributed by atoms with E-state index in [0.29, 0.717) is 4.75 Å². The number of rotatable bonds is 5. The molecule has 14 heavy (non-hydrogen) atoms. The quantitative estimate of drug-likeness (QED) is 0.856. The normalized spacial score (nSPS) is 18.4. The van der Waals surface area contributed by atoms with Gasteiger partial charge in [0.05, 0.1) is 5.02 Å². The van der Waals surface area contributed by atoms with Crippen LogP contribution in [0.15, 0.2) is 11.4 Å². The van der Waals surface area contributed by atoms with Crippen molar-refractivity contribution in [3.8, 4) is 0 Å². The summed E-state index contributed by atoms with van der Waals surface area (Å²) in [4.78, 5) is 1.33. The molecule has 0 aliphatic heterocycles. The van der Waals surface area contributed by atoms with Gasteiger partial charge in [-0.05, 0) is 25.2 Å². The third-order valence-corrected chi connectivity index (χ3v) is 5.31. The van der Waals surface area contributed by atoms with Crippen molar-refractivity contribution in [2.45, 2.75) is 24.1 Å². The van der Waals surface area contributed by atoms with E-state index in [2.05, 4.69) is 11.6 Å². The van der Waals surface area contributed by atoms with E-state index >= 15 is 0 Å². The SMILES string of the molecule is CSC1(CNCc2cc(Cl)cs2)CC1. The largest absolute Gasteiger partial charge is 0.310 e. The Balaban J connectivity index is 1.73. The molecular formula is C10H14ClNS2. The third-order valence-electron chi connectivity index (χ3n) is 2.61. The molecule has 0 bridgehead atoms. The maximum absolute atomic E-state index is 5.85. The van der Waals surface area contributed by atoms with Crippen LogP contribution in [0.5, 0.6) is 0 Å². The molecule has 0 unspecified atom stereocenters. The Bertz CT molecular complexity index is 307. The van der Waals surface area contributed by atoms with Gasteiger partial charge in [0.2, 0.25) is 0 Å². The summed E-state index contributed by atoms with van der Waals surface area (Å²) in [7, 11) is 0. The average Bonchev–Trinajstić information content (AvgIpc) is 2.84. The molecule has 4 heteroatoms. The predicted molar refractivity (Wildman–Crippen MR) is 66.5 cm³/mol. The van der Waals surface area contributed by atoms with E-state index in [0.717, 1.165) is 18.1 Å². The van der Waals surface area contributed by atoms with Gasteiger partial charge < -0.3 is 5.32 Å². The van der Waals surface area contributed by atoms with Gasteiger partial charge in [-0.3, -0.25) is 0 Å². The fourth-order valence-corrected chi connectivity index (χ4v) is 3.25. The lowest BCUT2D eigenvalue weighted by Gasteiger charge is -2.11. The highest BCUT2D eigenvalue weighted by Gasteiger charge is 2.41. The summed E-state index contributed by atoms with van der Waals surface area (Å²) in [6.45, 7) is 2.09. The summed E-state index contributed by atoms with van der Waals surface area (Å²) in [5.74, 6) is 0. The van der Waals surface area contributed by atoms with Crippen LogP contribution in [0.1, 0.15) is 17.7 Å². The van der Waals surface area contributed by atoms with Crippen LogP contribution >= 0.6 is 34.7 Å². The minimum absolute atomic E-state index is 0.557.